The van der Waals surface area contributed by atoms with Gasteiger partial charge in [-0.2, -0.15) is 5.26 Å². The van der Waals surface area contributed by atoms with Gasteiger partial charge in [0.15, 0.2) is 0 Å². The van der Waals surface area contributed by atoms with E-state index in [-0.39, 0.29) is 18.4 Å². The molecule has 2 aromatic rings. The largest absolute Gasteiger partial charge is 0.373 e. The van der Waals surface area contributed by atoms with Gasteiger partial charge in [0.25, 0.3) is 0 Å². The fraction of sp³-hybridized carbons (Fsp3) is 0.538. The molecule has 5 rings (SSSR count). The van der Waals surface area contributed by atoms with Crippen molar-refractivity contribution in [3.63, 3.8) is 0 Å². The summed E-state index contributed by atoms with van der Waals surface area (Å²) in [6.45, 7) is 3.46. The summed E-state index contributed by atoms with van der Waals surface area (Å²) < 4.78 is 15.0. The Balaban J connectivity index is 1.21. The van der Waals surface area contributed by atoms with Gasteiger partial charge in [0.2, 0.25) is 5.91 Å². The summed E-state index contributed by atoms with van der Waals surface area (Å²) in [6, 6.07) is 8.40. The van der Waals surface area contributed by atoms with Gasteiger partial charge in [-0.25, -0.2) is 4.39 Å². The van der Waals surface area contributed by atoms with Crippen LogP contribution in [-0.4, -0.2) is 72.2 Å². The predicted octanol–water partition coefficient (Wildman–Crippen LogP) is 2.48. The molecule has 1 aromatic heterocycles. The van der Waals surface area contributed by atoms with Gasteiger partial charge in [-0.1, -0.05) is 12.1 Å². The van der Waals surface area contributed by atoms with Crippen molar-refractivity contribution in [1.82, 2.24) is 20.4 Å². The lowest BCUT2D eigenvalue weighted by Crippen LogP contribution is -2.50. The molecule has 1 saturated carbocycles. The predicted molar refractivity (Wildman–Crippen MR) is 133 cm³/mol. The lowest BCUT2D eigenvalue weighted by atomic mass is 9.98. The topological polar surface area (TPSA) is 91.6 Å². The van der Waals surface area contributed by atoms with E-state index in [4.69, 9.17) is 0 Å². The number of thiophene rings is 1. The van der Waals surface area contributed by atoms with Crippen LogP contribution in [0, 0.1) is 23.1 Å². The molecule has 186 valence electrons. The van der Waals surface area contributed by atoms with Gasteiger partial charge in [-0.05, 0) is 66.4 Å². The van der Waals surface area contributed by atoms with Crippen LogP contribution in [0.25, 0.3) is 11.1 Å². The summed E-state index contributed by atoms with van der Waals surface area (Å²) in [4.78, 5) is 17.8. The van der Waals surface area contributed by atoms with E-state index in [1.165, 1.54) is 17.4 Å². The minimum absolute atomic E-state index is 0.117. The molecule has 1 aromatic carbocycles. The van der Waals surface area contributed by atoms with Crippen LogP contribution in [0.5, 0.6) is 0 Å². The zero-order chi connectivity index (χ0) is 24.5. The van der Waals surface area contributed by atoms with Crippen LogP contribution < -0.4 is 10.6 Å². The summed E-state index contributed by atoms with van der Waals surface area (Å²) in [6.07, 6.45) is 2.62. The van der Waals surface area contributed by atoms with E-state index in [1.54, 1.807) is 6.07 Å². The summed E-state index contributed by atoms with van der Waals surface area (Å²) in [5.74, 6) is -0.228. The minimum Gasteiger partial charge on any atom is -0.373 e. The summed E-state index contributed by atoms with van der Waals surface area (Å²) >= 11 is 1.47. The number of hydrogen-bond donors (Lipinski definition) is 3. The van der Waals surface area contributed by atoms with Crippen LogP contribution in [0.2, 0.25) is 0 Å². The van der Waals surface area contributed by atoms with Gasteiger partial charge in [0.05, 0.1) is 12.1 Å². The van der Waals surface area contributed by atoms with Crippen molar-refractivity contribution in [3.05, 3.63) is 45.9 Å². The number of halogens is 1. The average molecular weight is 498 g/mol. The number of piperidine rings is 1. The average Bonchev–Trinajstić information content (AvgIpc) is 3.62. The maximum atomic E-state index is 15.0. The van der Waals surface area contributed by atoms with Gasteiger partial charge >= 0.3 is 0 Å². The number of carbonyl (C=O) groups is 1. The Bertz CT molecular complexity index is 1110. The first-order valence-electron chi connectivity index (χ1n) is 12.3. The van der Waals surface area contributed by atoms with Crippen molar-refractivity contribution in [1.29, 1.82) is 5.26 Å². The number of aliphatic hydroxyl groups is 1. The number of piperazine rings is 1. The Morgan fingerprint density at radius 2 is 2.09 bits per heavy atom. The van der Waals surface area contributed by atoms with E-state index in [0.29, 0.717) is 17.5 Å². The second-order valence-corrected chi connectivity index (χ2v) is 11.0. The number of benzene rings is 1. The first-order chi connectivity index (χ1) is 16.9. The number of rotatable bonds is 7. The van der Waals surface area contributed by atoms with E-state index in [1.807, 2.05) is 17.5 Å². The number of aliphatic hydroxyl groups excluding tert-OH is 1. The van der Waals surface area contributed by atoms with Crippen molar-refractivity contribution >= 4 is 17.2 Å². The zero-order valence-electron chi connectivity index (χ0n) is 19.9. The second-order valence-electron chi connectivity index (χ2n) is 10.1. The van der Waals surface area contributed by atoms with Gasteiger partial charge in [-0.3, -0.25) is 9.69 Å². The molecule has 3 fully saturated rings. The summed E-state index contributed by atoms with van der Waals surface area (Å²) in [5.41, 5.74) is 1.98. The molecule has 7 nitrogen and oxygen atoms in total. The molecule has 1 amide bonds. The Hall–Kier alpha value is -2.35. The first kappa shape index (κ1) is 24.3. The summed E-state index contributed by atoms with van der Waals surface area (Å²) in [5, 5.41) is 28.4. The van der Waals surface area contributed by atoms with Crippen LogP contribution in [0.1, 0.15) is 35.9 Å². The maximum absolute atomic E-state index is 15.0. The molecule has 0 spiro atoms. The monoisotopic (exact) mass is 497 g/mol. The normalized spacial score (nSPS) is 26.4. The number of carbonyl (C=O) groups excluding carboxylic acids is 1. The lowest BCUT2D eigenvalue weighted by Gasteiger charge is -2.35. The molecule has 1 aliphatic carbocycles. The second kappa shape index (κ2) is 10.3. The Labute approximate surface area is 209 Å². The number of nitrogens with one attached hydrogen (secondary N) is 2. The highest BCUT2D eigenvalue weighted by Crippen LogP contribution is 2.35. The van der Waals surface area contributed by atoms with Crippen LogP contribution in [0.4, 0.5) is 4.39 Å². The van der Waals surface area contributed by atoms with Crippen molar-refractivity contribution < 1.29 is 14.3 Å². The highest BCUT2D eigenvalue weighted by atomic mass is 32.1. The van der Waals surface area contributed by atoms with Crippen molar-refractivity contribution in [2.45, 2.75) is 50.0 Å². The van der Waals surface area contributed by atoms with Crippen LogP contribution in [0.15, 0.2) is 29.6 Å². The smallest absolute Gasteiger partial charge is 0.238 e. The zero-order valence-corrected chi connectivity index (χ0v) is 20.7. The number of amides is 1. The Kier molecular flexibility index (Phi) is 7.19. The highest BCUT2D eigenvalue weighted by Gasteiger charge is 2.43. The van der Waals surface area contributed by atoms with E-state index >= 15 is 0 Å². The van der Waals surface area contributed by atoms with E-state index < -0.39 is 18.1 Å². The lowest BCUT2D eigenvalue weighted by molar-refractivity contribution is -0.124. The number of hydrogen-bond acceptors (Lipinski definition) is 7. The molecule has 1 unspecified atom stereocenters. The van der Waals surface area contributed by atoms with Crippen LogP contribution >= 0.6 is 11.3 Å². The Morgan fingerprint density at radius 3 is 2.74 bits per heavy atom. The Morgan fingerprint density at radius 1 is 1.29 bits per heavy atom. The molecular formula is C26H32FN5O2S. The molecule has 3 aliphatic rings. The summed E-state index contributed by atoms with van der Waals surface area (Å²) in [7, 11) is 2.08. The van der Waals surface area contributed by atoms with Crippen LogP contribution in [-0.2, 0) is 11.2 Å². The van der Waals surface area contributed by atoms with Gasteiger partial charge in [0, 0.05) is 43.5 Å². The highest BCUT2D eigenvalue weighted by molar-refractivity contribution is 7.10. The molecule has 3 heterocycles. The number of likely N-dealkylation sites (N-methyl/N-ethyl adjacent to an activating group) is 1. The van der Waals surface area contributed by atoms with E-state index in [9.17, 15) is 19.6 Å². The molecule has 5 atom stereocenters. The van der Waals surface area contributed by atoms with Gasteiger partial charge in [-0.15, -0.1) is 11.3 Å². The quantitative estimate of drug-likeness (QED) is 0.545. The molecule has 35 heavy (non-hydrogen) atoms. The molecule has 2 saturated heterocycles. The number of nitrogens with zero attached hydrogens (tertiary/aromatic N) is 3. The standard InChI is InChI=1S/C26H32FN5O2S/c1-31-6-8-32(9-7-31)26(34)23-13-19(15-35-23)16-2-3-17(22(27)12-16)10-21(14-28)30-25(33)24-18-4-5-20(11-18)29-24/h2-3,12-13,15,18,20-21,24,26,29,34H,4-11H2,1H3,(H,30,33)/t18-,20+,21-,24-,26?/m0/s1. The minimum atomic E-state index is -0.782. The first-order valence-corrected chi connectivity index (χ1v) is 13.2. The molecule has 0 radical (unpaired) electrons. The number of fused-ring (bicyclic) bond motifs is 2. The third kappa shape index (κ3) is 5.27. The van der Waals surface area contributed by atoms with Gasteiger partial charge in [0.1, 0.15) is 18.1 Å². The number of nitriles is 1. The third-order valence-electron chi connectivity index (χ3n) is 7.68. The SMILES string of the molecule is CN1CCN(C(O)c2cc(-c3ccc(C[C@@H](C#N)NC(=O)[C@H]4N[C@@H]5CC[C@H]4C5)c(F)c3)cs2)CC1. The fourth-order valence-corrected chi connectivity index (χ4v) is 6.47. The van der Waals surface area contributed by atoms with Crippen molar-refractivity contribution in [3.8, 4) is 17.2 Å². The van der Waals surface area contributed by atoms with Crippen LogP contribution in [0.3, 0.4) is 0 Å². The molecule has 9 heteroatoms. The molecule has 2 bridgehead atoms. The maximum Gasteiger partial charge on any atom is 0.238 e. The third-order valence-corrected chi connectivity index (χ3v) is 8.66. The van der Waals surface area contributed by atoms with Crippen molar-refractivity contribution in [2.75, 3.05) is 33.2 Å². The van der Waals surface area contributed by atoms with E-state index in [0.717, 1.165) is 61.4 Å². The van der Waals surface area contributed by atoms with Gasteiger partial charge < -0.3 is 20.6 Å². The van der Waals surface area contributed by atoms with E-state index in [2.05, 4.69) is 33.6 Å². The fourth-order valence-electron chi connectivity index (χ4n) is 5.54. The molecule has 2 aliphatic heterocycles. The molecule has 3 N–H and O–H groups in total. The molecular weight excluding hydrogens is 465 g/mol. The van der Waals surface area contributed by atoms with Crippen molar-refractivity contribution in [2.24, 2.45) is 5.92 Å².